The van der Waals surface area contributed by atoms with Crippen molar-refractivity contribution in [1.82, 2.24) is 0 Å². The van der Waals surface area contributed by atoms with Gasteiger partial charge in [0.05, 0.1) is 31.9 Å². The van der Waals surface area contributed by atoms with Gasteiger partial charge in [0.1, 0.15) is 11.5 Å². The van der Waals surface area contributed by atoms with E-state index in [9.17, 15) is 4.79 Å². The Morgan fingerprint density at radius 1 is 1.39 bits per heavy atom. The Labute approximate surface area is 104 Å². The number of hydrogen-bond donors (Lipinski definition) is 0. The second kappa shape index (κ2) is 6.84. The van der Waals surface area contributed by atoms with Gasteiger partial charge in [-0.2, -0.15) is 0 Å². The second-order valence-electron chi connectivity index (χ2n) is 3.10. The second-order valence-corrected chi connectivity index (χ2v) is 3.10. The molecule has 0 amide bonds. The number of ether oxygens (including phenoxy) is 2. The third-order valence-electron chi connectivity index (χ3n) is 2.11. The van der Waals surface area contributed by atoms with E-state index in [1.807, 2.05) is 0 Å². The van der Waals surface area contributed by atoms with Crippen molar-refractivity contribution in [2.24, 2.45) is 5.11 Å². The number of hydrogen-bond acceptors (Lipinski definition) is 4. The van der Waals surface area contributed by atoms with Gasteiger partial charge in [0.15, 0.2) is 6.29 Å². The van der Waals surface area contributed by atoms with E-state index in [1.165, 1.54) is 14.2 Å². The van der Waals surface area contributed by atoms with Crippen LogP contribution in [0.1, 0.15) is 15.9 Å². The van der Waals surface area contributed by atoms with E-state index in [2.05, 4.69) is 21.9 Å². The average molecular weight is 245 g/mol. The molecule has 1 aromatic rings. The summed E-state index contributed by atoms with van der Waals surface area (Å²) in [5.41, 5.74) is 9.07. The number of benzene rings is 1. The minimum absolute atomic E-state index is 0.0669. The maximum atomic E-state index is 10.8. The van der Waals surface area contributed by atoms with Gasteiger partial charge in [0.25, 0.3) is 0 Å². The van der Waals surface area contributed by atoms with Gasteiger partial charge in [-0.15, -0.1) is 0 Å². The van der Waals surface area contributed by atoms with Gasteiger partial charge >= 0.3 is 0 Å². The van der Waals surface area contributed by atoms with Gasteiger partial charge in [-0.1, -0.05) is 17.0 Å². The lowest BCUT2D eigenvalue weighted by atomic mass is 10.1. The number of nitrogens with zero attached hydrogens (tertiary/aromatic N) is 3. The standard InChI is InChI=1S/C12H11N3O3/c1-17-11-7-10(8-16)12(18-2)6-9(11)4-3-5-14-15-13/h6-8H,5H2,1-2H3. The summed E-state index contributed by atoms with van der Waals surface area (Å²) in [5.74, 6) is 6.34. The summed E-state index contributed by atoms with van der Waals surface area (Å²) in [6.07, 6.45) is 0.679. The molecule has 0 N–H and O–H groups in total. The molecule has 0 fully saturated rings. The third kappa shape index (κ3) is 3.17. The first kappa shape index (κ1) is 13.4. The molecule has 0 heterocycles. The van der Waals surface area contributed by atoms with Crippen LogP contribution in [0.15, 0.2) is 17.2 Å². The first-order valence-corrected chi connectivity index (χ1v) is 4.97. The van der Waals surface area contributed by atoms with Crippen molar-refractivity contribution in [3.63, 3.8) is 0 Å². The molecule has 1 rings (SSSR count). The van der Waals surface area contributed by atoms with Crippen molar-refractivity contribution in [3.8, 4) is 23.3 Å². The quantitative estimate of drug-likeness (QED) is 0.268. The van der Waals surface area contributed by atoms with Gasteiger partial charge in [-0.05, 0) is 11.6 Å². The Bertz CT molecular complexity index is 552. The number of azide groups is 1. The molecule has 6 nitrogen and oxygen atoms in total. The number of aldehydes is 1. The zero-order valence-corrected chi connectivity index (χ0v) is 10.0. The molecule has 6 heteroatoms. The van der Waals surface area contributed by atoms with Crippen LogP contribution in [0.5, 0.6) is 11.5 Å². The van der Waals surface area contributed by atoms with Gasteiger partial charge in [-0.3, -0.25) is 4.79 Å². The molecule has 1 aromatic carbocycles. The fraction of sp³-hybridized carbons (Fsp3) is 0.250. The van der Waals surface area contributed by atoms with Crippen LogP contribution in [0, 0.1) is 11.8 Å². The predicted molar refractivity (Wildman–Crippen MR) is 65.8 cm³/mol. The van der Waals surface area contributed by atoms with Gasteiger partial charge in [-0.25, -0.2) is 0 Å². The fourth-order valence-electron chi connectivity index (χ4n) is 1.31. The van der Waals surface area contributed by atoms with Crippen LogP contribution in [-0.4, -0.2) is 27.1 Å². The third-order valence-corrected chi connectivity index (χ3v) is 2.11. The van der Waals surface area contributed by atoms with E-state index in [0.29, 0.717) is 28.9 Å². The molecule has 0 bridgehead atoms. The highest BCUT2D eigenvalue weighted by atomic mass is 16.5. The lowest BCUT2D eigenvalue weighted by Gasteiger charge is -2.08. The maximum Gasteiger partial charge on any atom is 0.153 e. The van der Waals surface area contributed by atoms with Crippen LogP contribution in [0.4, 0.5) is 0 Å². The van der Waals surface area contributed by atoms with Crippen LogP contribution in [0.2, 0.25) is 0 Å². The summed E-state index contributed by atoms with van der Waals surface area (Å²) in [6, 6.07) is 3.15. The van der Waals surface area contributed by atoms with Gasteiger partial charge in [0.2, 0.25) is 0 Å². The predicted octanol–water partition coefficient (Wildman–Crippen LogP) is 2.18. The lowest BCUT2D eigenvalue weighted by Crippen LogP contribution is -1.95. The Kier molecular flexibility index (Phi) is 5.10. The zero-order chi connectivity index (χ0) is 13.4. The first-order chi connectivity index (χ1) is 8.76. The summed E-state index contributed by atoms with van der Waals surface area (Å²) < 4.78 is 10.2. The van der Waals surface area contributed by atoms with E-state index in [0.717, 1.165) is 0 Å². The zero-order valence-electron chi connectivity index (χ0n) is 10.0. The van der Waals surface area contributed by atoms with E-state index in [1.54, 1.807) is 12.1 Å². The summed E-state index contributed by atoms with van der Waals surface area (Å²) in [5, 5.41) is 3.30. The Morgan fingerprint density at radius 2 is 2.11 bits per heavy atom. The number of carbonyl (C=O) groups is 1. The Morgan fingerprint density at radius 3 is 2.67 bits per heavy atom. The number of carbonyl (C=O) groups excluding carboxylic acids is 1. The summed E-state index contributed by atoms with van der Waals surface area (Å²) in [6.45, 7) is 0.0669. The highest BCUT2D eigenvalue weighted by molar-refractivity contribution is 5.81. The lowest BCUT2D eigenvalue weighted by molar-refractivity contribution is 0.112. The molecule has 0 aliphatic heterocycles. The highest BCUT2D eigenvalue weighted by Crippen LogP contribution is 2.27. The molecule has 0 spiro atoms. The minimum atomic E-state index is 0.0669. The van der Waals surface area contributed by atoms with Crippen LogP contribution >= 0.6 is 0 Å². The molecule has 18 heavy (non-hydrogen) atoms. The molecule has 0 atom stereocenters. The largest absolute Gasteiger partial charge is 0.496 e. The fourth-order valence-corrected chi connectivity index (χ4v) is 1.31. The van der Waals surface area contributed by atoms with E-state index < -0.39 is 0 Å². The molecule has 0 radical (unpaired) electrons. The van der Waals surface area contributed by atoms with Gasteiger partial charge < -0.3 is 9.47 Å². The Balaban J connectivity index is 3.19. The molecule has 0 unspecified atom stereocenters. The van der Waals surface area contributed by atoms with Gasteiger partial charge in [0, 0.05) is 11.0 Å². The van der Waals surface area contributed by atoms with Crippen molar-refractivity contribution in [1.29, 1.82) is 0 Å². The molecular weight excluding hydrogens is 234 g/mol. The van der Waals surface area contributed by atoms with Crippen molar-refractivity contribution in [2.75, 3.05) is 20.8 Å². The average Bonchev–Trinajstić information content (AvgIpc) is 2.42. The van der Waals surface area contributed by atoms with Crippen molar-refractivity contribution in [2.45, 2.75) is 0 Å². The molecule has 0 saturated heterocycles. The number of methoxy groups -OCH3 is 2. The number of rotatable bonds is 4. The summed E-state index contributed by atoms with van der Waals surface area (Å²) in [7, 11) is 2.95. The van der Waals surface area contributed by atoms with Crippen LogP contribution in [-0.2, 0) is 0 Å². The van der Waals surface area contributed by atoms with Crippen LogP contribution in [0.3, 0.4) is 0 Å². The molecular formula is C12H11N3O3. The molecule has 0 aliphatic rings. The normalized spacial score (nSPS) is 8.56. The van der Waals surface area contributed by atoms with E-state index in [-0.39, 0.29) is 6.54 Å². The summed E-state index contributed by atoms with van der Waals surface area (Å²) >= 11 is 0. The van der Waals surface area contributed by atoms with Crippen molar-refractivity contribution >= 4 is 6.29 Å². The molecule has 0 aromatic heterocycles. The molecule has 0 saturated carbocycles. The first-order valence-electron chi connectivity index (χ1n) is 4.97. The topological polar surface area (TPSA) is 84.3 Å². The van der Waals surface area contributed by atoms with E-state index in [4.69, 9.17) is 15.0 Å². The summed E-state index contributed by atoms with van der Waals surface area (Å²) in [4.78, 5) is 13.4. The Hall–Kier alpha value is -2.64. The monoisotopic (exact) mass is 245 g/mol. The maximum absolute atomic E-state index is 10.8. The van der Waals surface area contributed by atoms with E-state index >= 15 is 0 Å². The SMILES string of the molecule is COc1cc(C=O)c(OC)cc1C#CCN=[N+]=[N-]. The smallest absolute Gasteiger partial charge is 0.153 e. The highest BCUT2D eigenvalue weighted by Gasteiger charge is 2.08. The van der Waals surface area contributed by atoms with Crippen LogP contribution < -0.4 is 9.47 Å². The van der Waals surface area contributed by atoms with Crippen molar-refractivity contribution in [3.05, 3.63) is 33.7 Å². The molecule has 0 aliphatic carbocycles. The minimum Gasteiger partial charge on any atom is -0.496 e. The molecule has 92 valence electrons. The van der Waals surface area contributed by atoms with Crippen LogP contribution in [0.25, 0.3) is 10.4 Å². The van der Waals surface area contributed by atoms with Crippen molar-refractivity contribution < 1.29 is 14.3 Å².